The van der Waals surface area contributed by atoms with E-state index in [2.05, 4.69) is 10.3 Å². The van der Waals surface area contributed by atoms with Crippen molar-refractivity contribution in [3.63, 3.8) is 0 Å². The van der Waals surface area contributed by atoms with Crippen LogP contribution in [0.4, 0.5) is 5.82 Å². The van der Waals surface area contributed by atoms with E-state index in [1.54, 1.807) is 23.2 Å². The highest BCUT2D eigenvalue weighted by Crippen LogP contribution is 2.35. The van der Waals surface area contributed by atoms with Crippen LogP contribution in [0.3, 0.4) is 0 Å². The SMILES string of the molecule is Cc1ccc2nc(NCc3ccc4c(c3)OCO4)c(/C=C3\SC(=S)N(C(C)C)C3=O)c(=O)n2c1. The molecule has 1 fully saturated rings. The van der Waals surface area contributed by atoms with Crippen molar-refractivity contribution in [3.8, 4) is 11.5 Å². The number of ether oxygens (including phenoxy) is 2. The van der Waals surface area contributed by atoms with Gasteiger partial charge in [0.05, 0.1) is 10.5 Å². The standard InChI is InChI=1S/C24H22N4O4S2/c1-13(2)28-23(30)19(34-24(28)33)9-16-21(26-20-7-4-14(3)11-27(20)22(16)29)25-10-15-5-6-17-18(8-15)32-12-31-17/h4-9,11,13,25H,10,12H2,1-3H3/b19-9-. The van der Waals surface area contributed by atoms with Crippen molar-refractivity contribution in [2.45, 2.75) is 33.4 Å². The van der Waals surface area contributed by atoms with Gasteiger partial charge in [0.15, 0.2) is 11.5 Å². The number of anilines is 1. The summed E-state index contributed by atoms with van der Waals surface area (Å²) >= 11 is 6.59. The molecule has 0 aliphatic carbocycles. The number of aryl methyl sites for hydroxylation is 1. The largest absolute Gasteiger partial charge is 0.454 e. The monoisotopic (exact) mass is 494 g/mol. The first-order valence-electron chi connectivity index (χ1n) is 10.7. The molecule has 1 aromatic carbocycles. The van der Waals surface area contributed by atoms with Crippen molar-refractivity contribution >= 4 is 51.7 Å². The Kier molecular flexibility index (Phi) is 5.78. The number of hydrogen-bond acceptors (Lipinski definition) is 8. The van der Waals surface area contributed by atoms with Crippen LogP contribution in [0.15, 0.2) is 46.2 Å². The summed E-state index contributed by atoms with van der Waals surface area (Å²) in [6, 6.07) is 9.29. The lowest BCUT2D eigenvalue weighted by atomic mass is 10.2. The number of thiocarbonyl (C=S) groups is 1. The average Bonchev–Trinajstić information content (AvgIpc) is 3.38. The van der Waals surface area contributed by atoms with E-state index >= 15 is 0 Å². The number of rotatable bonds is 5. The fourth-order valence-electron chi connectivity index (χ4n) is 3.82. The van der Waals surface area contributed by atoms with E-state index in [1.807, 2.05) is 45.0 Å². The Balaban J connectivity index is 1.56. The second-order valence-corrected chi connectivity index (χ2v) is 9.98. The molecule has 8 nitrogen and oxygen atoms in total. The fraction of sp³-hybridized carbons (Fsp3) is 0.250. The fourth-order valence-corrected chi connectivity index (χ4v) is 5.32. The number of nitrogens with zero attached hydrogens (tertiary/aromatic N) is 3. The summed E-state index contributed by atoms with van der Waals surface area (Å²) < 4.78 is 12.8. The molecule has 0 bridgehead atoms. The van der Waals surface area contributed by atoms with Crippen molar-refractivity contribution in [1.82, 2.24) is 14.3 Å². The van der Waals surface area contributed by atoms with Crippen LogP contribution >= 0.6 is 24.0 Å². The van der Waals surface area contributed by atoms with Gasteiger partial charge >= 0.3 is 0 Å². The van der Waals surface area contributed by atoms with Gasteiger partial charge in [-0.2, -0.15) is 0 Å². The molecule has 0 saturated carbocycles. The summed E-state index contributed by atoms with van der Waals surface area (Å²) in [6.45, 7) is 6.32. The number of nitrogens with one attached hydrogen (secondary N) is 1. The van der Waals surface area contributed by atoms with Gasteiger partial charge in [-0.3, -0.25) is 18.9 Å². The highest BCUT2D eigenvalue weighted by molar-refractivity contribution is 8.26. The van der Waals surface area contributed by atoms with Gasteiger partial charge in [0, 0.05) is 18.8 Å². The average molecular weight is 495 g/mol. The molecule has 174 valence electrons. The molecular weight excluding hydrogens is 472 g/mol. The third-order valence-electron chi connectivity index (χ3n) is 5.52. The Morgan fingerprint density at radius 1 is 1.21 bits per heavy atom. The molecule has 2 aliphatic heterocycles. The smallest absolute Gasteiger partial charge is 0.267 e. The third kappa shape index (κ3) is 4.03. The molecule has 34 heavy (non-hydrogen) atoms. The first-order valence-corrected chi connectivity index (χ1v) is 12.0. The maximum atomic E-state index is 13.5. The number of hydrogen-bond donors (Lipinski definition) is 1. The van der Waals surface area contributed by atoms with Gasteiger partial charge in [-0.25, -0.2) is 4.98 Å². The Labute approximate surface area is 205 Å². The van der Waals surface area contributed by atoms with Gasteiger partial charge in [-0.15, -0.1) is 0 Å². The number of thioether (sulfide) groups is 1. The van der Waals surface area contributed by atoms with Crippen LogP contribution in [0, 0.1) is 6.92 Å². The van der Waals surface area contributed by atoms with Gasteiger partial charge < -0.3 is 14.8 Å². The minimum atomic E-state index is -0.267. The summed E-state index contributed by atoms with van der Waals surface area (Å²) in [5.41, 5.74) is 2.40. The van der Waals surface area contributed by atoms with Crippen LogP contribution in [0.2, 0.25) is 0 Å². The number of fused-ring (bicyclic) bond motifs is 2. The molecule has 2 aliphatic rings. The van der Waals surface area contributed by atoms with Gasteiger partial charge in [-0.1, -0.05) is 36.1 Å². The molecule has 1 amide bonds. The molecule has 0 unspecified atom stereocenters. The van der Waals surface area contributed by atoms with Crippen molar-refractivity contribution in [1.29, 1.82) is 0 Å². The van der Waals surface area contributed by atoms with Crippen molar-refractivity contribution in [2.75, 3.05) is 12.1 Å². The third-order valence-corrected chi connectivity index (χ3v) is 6.85. The zero-order chi connectivity index (χ0) is 24.0. The lowest BCUT2D eigenvalue weighted by molar-refractivity contribution is -0.123. The van der Waals surface area contributed by atoms with Crippen molar-refractivity contribution in [3.05, 3.63) is 68.5 Å². The Morgan fingerprint density at radius 3 is 2.76 bits per heavy atom. The Morgan fingerprint density at radius 2 is 2.00 bits per heavy atom. The second-order valence-electron chi connectivity index (χ2n) is 8.30. The zero-order valence-corrected chi connectivity index (χ0v) is 20.5. The number of carbonyl (C=O) groups is 1. The lowest BCUT2D eigenvalue weighted by Crippen LogP contribution is -2.34. The van der Waals surface area contributed by atoms with Gasteiger partial charge in [0.25, 0.3) is 11.5 Å². The van der Waals surface area contributed by atoms with E-state index in [-0.39, 0.29) is 24.3 Å². The van der Waals surface area contributed by atoms with E-state index in [1.165, 1.54) is 16.2 Å². The first kappa shape index (κ1) is 22.4. The van der Waals surface area contributed by atoms with Crippen molar-refractivity contribution < 1.29 is 14.3 Å². The van der Waals surface area contributed by atoms with Gasteiger partial charge in [-0.05, 0) is 56.2 Å². The van der Waals surface area contributed by atoms with Gasteiger partial charge in [0.1, 0.15) is 15.8 Å². The summed E-state index contributed by atoms with van der Waals surface area (Å²) in [6.07, 6.45) is 3.33. The molecule has 0 spiro atoms. The number of aromatic nitrogens is 2. The molecule has 5 rings (SSSR count). The zero-order valence-electron chi connectivity index (χ0n) is 18.8. The van der Waals surface area contributed by atoms with E-state index in [0.29, 0.717) is 44.3 Å². The van der Waals surface area contributed by atoms with Crippen molar-refractivity contribution in [2.24, 2.45) is 0 Å². The van der Waals surface area contributed by atoms with Gasteiger partial charge in [0.2, 0.25) is 6.79 Å². The van der Waals surface area contributed by atoms with E-state index in [0.717, 1.165) is 11.1 Å². The second kappa shape index (κ2) is 8.77. The lowest BCUT2D eigenvalue weighted by Gasteiger charge is -2.18. The molecule has 3 aromatic rings. The van der Waals surface area contributed by atoms with Crippen LogP contribution in [0.1, 0.15) is 30.5 Å². The predicted octanol–water partition coefficient (Wildman–Crippen LogP) is 3.95. The Hall–Kier alpha value is -3.37. The molecule has 4 heterocycles. The minimum Gasteiger partial charge on any atom is -0.454 e. The number of pyridine rings is 1. The van der Waals surface area contributed by atoms with E-state index in [4.69, 9.17) is 21.7 Å². The summed E-state index contributed by atoms with van der Waals surface area (Å²) in [5.74, 6) is 1.56. The van der Waals surface area contributed by atoms with Crippen LogP contribution in [0.5, 0.6) is 11.5 Å². The summed E-state index contributed by atoms with van der Waals surface area (Å²) in [4.78, 5) is 33.1. The molecule has 0 radical (unpaired) electrons. The highest BCUT2D eigenvalue weighted by atomic mass is 32.2. The number of carbonyl (C=O) groups excluding carboxylic acids is 1. The topological polar surface area (TPSA) is 85.2 Å². The molecule has 2 aromatic heterocycles. The summed E-state index contributed by atoms with van der Waals surface area (Å²) in [5, 5.41) is 3.27. The number of benzene rings is 1. The predicted molar refractivity (Wildman–Crippen MR) is 136 cm³/mol. The molecule has 10 heteroatoms. The summed E-state index contributed by atoms with van der Waals surface area (Å²) in [7, 11) is 0. The molecule has 1 N–H and O–H groups in total. The van der Waals surface area contributed by atoms with Crippen LogP contribution < -0.4 is 20.3 Å². The quantitative estimate of drug-likeness (QED) is 0.422. The minimum absolute atomic E-state index is 0.0690. The van der Waals surface area contributed by atoms with Crippen LogP contribution in [0.25, 0.3) is 11.7 Å². The first-order chi connectivity index (χ1) is 16.3. The Bertz CT molecular complexity index is 1430. The maximum Gasteiger partial charge on any atom is 0.267 e. The molecular formula is C24H22N4O4S2. The number of amides is 1. The van der Waals surface area contributed by atoms with E-state index in [9.17, 15) is 9.59 Å². The van der Waals surface area contributed by atoms with Crippen LogP contribution in [-0.2, 0) is 11.3 Å². The van der Waals surface area contributed by atoms with E-state index < -0.39 is 0 Å². The maximum absolute atomic E-state index is 13.5. The van der Waals surface area contributed by atoms with Crippen LogP contribution in [-0.4, -0.2) is 37.3 Å². The highest BCUT2D eigenvalue weighted by Gasteiger charge is 2.34. The molecule has 1 saturated heterocycles. The molecule has 0 atom stereocenters. The normalized spacial score (nSPS) is 16.4.